The molecule has 0 aliphatic rings. The maximum atomic E-state index is 11.6. The van der Waals surface area contributed by atoms with E-state index in [1.165, 1.54) is 12.1 Å². The quantitative estimate of drug-likeness (QED) is 0.450. The molecule has 0 aliphatic carbocycles. The Bertz CT molecular complexity index is 1150. The largest absolute Gasteiger partial charge is 0.489 e. The lowest BCUT2D eigenvalue weighted by atomic mass is 10.1. The molecule has 0 spiro atoms. The van der Waals surface area contributed by atoms with Crippen molar-refractivity contribution in [2.45, 2.75) is 13.5 Å². The predicted molar refractivity (Wildman–Crippen MR) is 112 cm³/mol. The second kappa shape index (κ2) is 9.31. The second-order valence-corrected chi connectivity index (χ2v) is 7.54. The van der Waals surface area contributed by atoms with Crippen molar-refractivity contribution in [2.24, 2.45) is 0 Å². The van der Waals surface area contributed by atoms with Crippen molar-refractivity contribution in [3.63, 3.8) is 0 Å². The van der Waals surface area contributed by atoms with Gasteiger partial charge in [-0.05, 0) is 42.3 Å². The van der Waals surface area contributed by atoms with E-state index >= 15 is 0 Å². The van der Waals surface area contributed by atoms with E-state index < -0.39 is 24.5 Å². The first-order valence-electron chi connectivity index (χ1n) is 9.03. The van der Waals surface area contributed by atoms with E-state index in [0.717, 1.165) is 11.3 Å². The minimum atomic E-state index is -1.20. The Morgan fingerprint density at radius 3 is 2.35 bits per heavy atom. The molecule has 0 aliphatic heterocycles. The minimum Gasteiger partial charge on any atom is -0.489 e. The fourth-order valence-corrected chi connectivity index (χ4v) is 4.00. The van der Waals surface area contributed by atoms with Gasteiger partial charge in [0.15, 0.2) is 11.5 Å². The summed E-state index contributed by atoms with van der Waals surface area (Å²) in [5, 5.41) is 27.4. The topological polar surface area (TPSA) is 130 Å². The summed E-state index contributed by atoms with van der Waals surface area (Å²) in [7, 11) is 0. The van der Waals surface area contributed by atoms with Gasteiger partial charge in [0.2, 0.25) is 0 Å². The fourth-order valence-electron chi connectivity index (χ4n) is 2.91. The first-order chi connectivity index (χ1) is 14.8. The van der Waals surface area contributed by atoms with Crippen LogP contribution in [-0.2, 0) is 11.4 Å². The lowest BCUT2D eigenvalue weighted by Gasteiger charge is -2.09. The summed E-state index contributed by atoms with van der Waals surface area (Å²) in [6.45, 7) is 1.18. The summed E-state index contributed by atoms with van der Waals surface area (Å²) in [6, 6.07) is 13.4. The number of carboxylic acids is 3. The number of thiophene rings is 1. The van der Waals surface area contributed by atoms with Crippen LogP contribution in [0.2, 0.25) is 0 Å². The van der Waals surface area contributed by atoms with Crippen molar-refractivity contribution >= 4 is 29.2 Å². The monoisotopic (exact) mass is 442 g/mol. The highest BCUT2D eigenvalue weighted by Crippen LogP contribution is 2.42. The highest BCUT2D eigenvalue weighted by molar-refractivity contribution is 7.18. The molecule has 1 heterocycles. The Hall–Kier alpha value is -3.85. The predicted octanol–water partition coefficient (Wildman–Crippen LogP) is 4.16. The third-order valence-corrected chi connectivity index (χ3v) is 5.61. The normalized spacial score (nSPS) is 10.5. The van der Waals surface area contributed by atoms with Crippen LogP contribution in [0.25, 0.3) is 10.4 Å². The number of rotatable bonds is 9. The summed E-state index contributed by atoms with van der Waals surface area (Å²) in [4.78, 5) is 34.0. The van der Waals surface area contributed by atoms with Crippen LogP contribution in [0.1, 0.15) is 31.2 Å². The first kappa shape index (κ1) is 21.8. The molecule has 0 atom stereocenters. The maximum absolute atomic E-state index is 11.6. The van der Waals surface area contributed by atoms with Gasteiger partial charge in [-0.2, -0.15) is 0 Å². The molecular formula is C22H18O8S. The highest BCUT2D eigenvalue weighted by Gasteiger charge is 2.23. The minimum absolute atomic E-state index is 0.0340. The maximum Gasteiger partial charge on any atom is 0.349 e. The third-order valence-electron chi connectivity index (χ3n) is 4.30. The van der Waals surface area contributed by atoms with Crippen LogP contribution in [0, 0.1) is 6.92 Å². The Kier molecular flexibility index (Phi) is 6.56. The third kappa shape index (κ3) is 5.20. The SMILES string of the molecule is Cc1c(-c2cccc(OCc3cccc(C(=O)O)c3)c2)sc(C(=O)O)c1OCC(=O)O. The molecule has 0 amide bonds. The number of benzene rings is 2. The van der Waals surface area contributed by atoms with Crippen LogP contribution in [0.3, 0.4) is 0 Å². The van der Waals surface area contributed by atoms with Gasteiger partial charge in [-0.1, -0.05) is 24.3 Å². The summed E-state index contributed by atoms with van der Waals surface area (Å²) in [5.74, 6) is -2.88. The first-order valence-corrected chi connectivity index (χ1v) is 9.84. The van der Waals surface area contributed by atoms with Gasteiger partial charge in [0.25, 0.3) is 0 Å². The van der Waals surface area contributed by atoms with E-state index in [1.807, 2.05) is 0 Å². The second-order valence-electron chi connectivity index (χ2n) is 6.52. The molecule has 3 rings (SSSR count). The number of carboxylic acid groups (broad SMARTS) is 3. The molecule has 9 heteroatoms. The lowest BCUT2D eigenvalue weighted by Crippen LogP contribution is -2.11. The molecule has 31 heavy (non-hydrogen) atoms. The van der Waals surface area contributed by atoms with E-state index in [1.54, 1.807) is 43.3 Å². The summed E-state index contributed by atoms with van der Waals surface area (Å²) in [5.41, 5.74) is 2.07. The van der Waals surface area contributed by atoms with Gasteiger partial charge in [-0.15, -0.1) is 11.3 Å². The van der Waals surface area contributed by atoms with Crippen LogP contribution in [0.15, 0.2) is 48.5 Å². The number of aliphatic carboxylic acids is 1. The number of hydrogen-bond donors (Lipinski definition) is 3. The molecule has 0 unspecified atom stereocenters. The number of aromatic carboxylic acids is 2. The van der Waals surface area contributed by atoms with Crippen LogP contribution in [0.5, 0.6) is 11.5 Å². The zero-order chi connectivity index (χ0) is 22.5. The Morgan fingerprint density at radius 1 is 0.935 bits per heavy atom. The van der Waals surface area contributed by atoms with Crippen molar-refractivity contribution in [1.82, 2.24) is 0 Å². The van der Waals surface area contributed by atoms with Crippen molar-refractivity contribution in [3.05, 3.63) is 70.1 Å². The molecule has 0 bridgehead atoms. The zero-order valence-electron chi connectivity index (χ0n) is 16.3. The summed E-state index contributed by atoms with van der Waals surface area (Å²) >= 11 is 0.989. The number of hydrogen-bond acceptors (Lipinski definition) is 6. The molecule has 0 saturated heterocycles. The Morgan fingerprint density at radius 2 is 1.68 bits per heavy atom. The summed E-state index contributed by atoms with van der Waals surface area (Å²) in [6.07, 6.45) is 0. The standard InChI is InChI=1S/C22H18O8S/c1-12-18(30-11-17(23)24)20(22(27)28)31-19(12)14-5-3-7-16(9-14)29-10-13-4-2-6-15(8-13)21(25)26/h2-9H,10-11H2,1H3,(H,23,24)(H,25,26)(H,27,28). The van der Waals surface area contributed by atoms with Gasteiger partial charge in [0.1, 0.15) is 18.1 Å². The van der Waals surface area contributed by atoms with E-state index in [2.05, 4.69) is 0 Å². The Balaban J connectivity index is 1.85. The summed E-state index contributed by atoms with van der Waals surface area (Å²) < 4.78 is 11.0. The Labute approximate surface area is 180 Å². The average Bonchev–Trinajstić information content (AvgIpc) is 3.07. The van der Waals surface area contributed by atoms with E-state index in [-0.39, 0.29) is 22.8 Å². The van der Waals surface area contributed by atoms with Crippen LogP contribution < -0.4 is 9.47 Å². The average molecular weight is 442 g/mol. The molecule has 0 saturated carbocycles. The van der Waals surface area contributed by atoms with E-state index in [4.69, 9.17) is 19.7 Å². The molecule has 8 nitrogen and oxygen atoms in total. The van der Waals surface area contributed by atoms with E-state index in [0.29, 0.717) is 27.3 Å². The van der Waals surface area contributed by atoms with E-state index in [9.17, 15) is 19.5 Å². The van der Waals surface area contributed by atoms with Gasteiger partial charge in [-0.25, -0.2) is 14.4 Å². The van der Waals surface area contributed by atoms with Gasteiger partial charge in [-0.3, -0.25) is 0 Å². The van der Waals surface area contributed by atoms with Crippen molar-refractivity contribution in [2.75, 3.05) is 6.61 Å². The lowest BCUT2D eigenvalue weighted by molar-refractivity contribution is -0.139. The van der Waals surface area contributed by atoms with Crippen molar-refractivity contribution in [3.8, 4) is 21.9 Å². The molecule has 160 valence electrons. The number of carbonyl (C=O) groups is 3. The van der Waals surface area contributed by atoms with Crippen LogP contribution in [0.4, 0.5) is 0 Å². The van der Waals surface area contributed by atoms with Gasteiger partial charge in [0, 0.05) is 10.4 Å². The molecular weight excluding hydrogens is 424 g/mol. The molecule has 0 fully saturated rings. The van der Waals surface area contributed by atoms with Crippen molar-refractivity contribution < 1.29 is 39.2 Å². The molecule has 0 radical (unpaired) electrons. The van der Waals surface area contributed by atoms with Gasteiger partial charge < -0.3 is 24.8 Å². The highest BCUT2D eigenvalue weighted by atomic mass is 32.1. The molecule has 1 aromatic heterocycles. The molecule has 3 aromatic rings. The van der Waals surface area contributed by atoms with Gasteiger partial charge in [0.05, 0.1) is 5.56 Å². The molecule has 2 aromatic carbocycles. The van der Waals surface area contributed by atoms with Gasteiger partial charge >= 0.3 is 17.9 Å². The fraction of sp³-hybridized carbons (Fsp3) is 0.136. The van der Waals surface area contributed by atoms with Crippen molar-refractivity contribution in [1.29, 1.82) is 0 Å². The smallest absolute Gasteiger partial charge is 0.349 e. The van der Waals surface area contributed by atoms with Crippen LogP contribution in [-0.4, -0.2) is 39.8 Å². The number of ether oxygens (including phenoxy) is 2. The molecule has 3 N–H and O–H groups in total. The zero-order valence-corrected chi connectivity index (χ0v) is 17.1. The van der Waals surface area contributed by atoms with Crippen LogP contribution >= 0.6 is 11.3 Å².